The van der Waals surface area contributed by atoms with Crippen LogP contribution in [0.2, 0.25) is 0 Å². The Morgan fingerprint density at radius 2 is 1.90 bits per heavy atom. The fourth-order valence-corrected chi connectivity index (χ4v) is 1.85. The number of carbonyl (C=O) groups is 2. The second-order valence-corrected chi connectivity index (χ2v) is 4.65. The second-order valence-electron chi connectivity index (χ2n) is 4.39. The third kappa shape index (κ3) is 11.2. The van der Waals surface area contributed by atoms with Gasteiger partial charge in [0.2, 0.25) is 5.91 Å². The molecule has 0 rings (SSSR count). The van der Waals surface area contributed by atoms with E-state index < -0.39 is 0 Å². The van der Waals surface area contributed by atoms with E-state index >= 15 is 0 Å². The number of carbonyl (C=O) groups excluding carboxylic acids is 2. The van der Waals surface area contributed by atoms with Crippen LogP contribution in [0.3, 0.4) is 0 Å². The van der Waals surface area contributed by atoms with Crippen LogP contribution < -0.4 is 10.0 Å². The summed E-state index contributed by atoms with van der Waals surface area (Å²) in [5, 5.41) is 2.77. The lowest BCUT2D eigenvalue weighted by molar-refractivity contribution is -0.126. The summed E-state index contributed by atoms with van der Waals surface area (Å²) >= 11 is 3.91. The molecule has 0 saturated carbocycles. The molecule has 6 nitrogen and oxygen atoms in total. The van der Waals surface area contributed by atoms with Gasteiger partial charge in [-0.3, -0.25) is 14.3 Å². The third-order valence-corrected chi connectivity index (χ3v) is 3.01. The number of nitrogens with one attached hydrogen (secondary N) is 2. The fraction of sp³-hybridized carbons (Fsp3) is 0.846. The van der Waals surface area contributed by atoms with Crippen molar-refractivity contribution in [1.29, 1.82) is 0 Å². The van der Waals surface area contributed by atoms with Crippen molar-refractivity contribution in [3.63, 3.8) is 0 Å². The normalized spacial score (nSPS) is 12.2. The van der Waals surface area contributed by atoms with Crippen LogP contribution in [-0.4, -0.2) is 50.7 Å². The third-order valence-electron chi connectivity index (χ3n) is 2.70. The first-order valence-corrected chi connectivity index (χ1v) is 7.38. The monoisotopic (exact) mass is 306 g/mol. The largest absolute Gasteiger partial charge is 0.379 e. The van der Waals surface area contributed by atoms with Crippen molar-refractivity contribution in [3.05, 3.63) is 0 Å². The average molecular weight is 306 g/mol. The molecule has 0 fully saturated rings. The molecule has 0 aromatic carbocycles. The highest BCUT2D eigenvalue weighted by Gasteiger charge is 2.10. The number of thiol groups is 1. The van der Waals surface area contributed by atoms with Gasteiger partial charge in [0.25, 0.3) is 0 Å². The van der Waals surface area contributed by atoms with Crippen LogP contribution in [0, 0.1) is 0 Å². The highest BCUT2D eigenvalue weighted by molar-refractivity contribution is 7.78. The number of ether oxygens (including phenoxy) is 2. The van der Waals surface area contributed by atoms with Gasteiger partial charge in [0, 0.05) is 13.2 Å². The Kier molecular flexibility index (Phi) is 12.9. The molecule has 0 aliphatic heterocycles. The Balaban J connectivity index is 3.41. The van der Waals surface area contributed by atoms with Crippen molar-refractivity contribution in [3.8, 4) is 0 Å². The number of Topliss-reactive ketones (excluding diaryl/α,β-unsaturated/α-hetero) is 1. The van der Waals surface area contributed by atoms with E-state index in [0.717, 1.165) is 19.3 Å². The van der Waals surface area contributed by atoms with Crippen molar-refractivity contribution < 1.29 is 19.1 Å². The standard InChI is InChI=1S/C13H26N2O4S/c1-3-18-8-9-19-10-13(17)14-7-5-4-6-12(15-20)11(2)16/h12,15,20H,3-10H2,1-2H3,(H,14,17)/t12-/m0/s1. The first-order valence-electron chi connectivity index (χ1n) is 6.94. The number of amides is 1. The van der Waals surface area contributed by atoms with Gasteiger partial charge >= 0.3 is 0 Å². The molecule has 2 N–H and O–H groups in total. The SMILES string of the molecule is CCOCCOCC(=O)NCCCC[C@H](NS)C(C)=O. The van der Waals surface area contributed by atoms with Crippen molar-refractivity contribution >= 4 is 24.5 Å². The van der Waals surface area contributed by atoms with E-state index in [0.29, 0.717) is 26.4 Å². The Labute approximate surface area is 126 Å². The van der Waals surface area contributed by atoms with Crippen molar-refractivity contribution in [2.45, 2.75) is 39.2 Å². The molecular weight excluding hydrogens is 280 g/mol. The van der Waals surface area contributed by atoms with Gasteiger partial charge in [-0.15, -0.1) is 0 Å². The molecule has 1 amide bonds. The van der Waals surface area contributed by atoms with Gasteiger partial charge in [0.05, 0.1) is 19.3 Å². The lowest BCUT2D eigenvalue weighted by atomic mass is 10.1. The molecule has 0 aromatic heterocycles. The van der Waals surface area contributed by atoms with Gasteiger partial charge < -0.3 is 14.8 Å². The molecule has 0 aromatic rings. The van der Waals surface area contributed by atoms with Crippen molar-refractivity contribution in [2.24, 2.45) is 0 Å². The lowest BCUT2D eigenvalue weighted by Gasteiger charge is -2.11. The minimum atomic E-state index is -0.212. The number of hydrogen-bond donors (Lipinski definition) is 3. The maximum absolute atomic E-state index is 11.4. The van der Waals surface area contributed by atoms with E-state index in [4.69, 9.17) is 9.47 Å². The summed E-state index contributed by atoms with van der Waals surface area (Å²) in [4.78, 5) is 22.5. The van der Waals surface area contributed by atoms with Gasteiger partial charge in [0.15, 0.2) is 0 Å². The van der Waals surface area contributed by atoms with E-state index in [2.05, 4.69) is 22.9 Å². The van der Waals surface area contributed by atoms with Crippen LogP contribution in [0.5, 0.6) is 0 Å². The van der Waals surface area contributed by atoms with Gasteiger partial charge in [-0.1, -0.05) is 12.8 Å². The maximum atomic E-state index is 11.4. The highest BCUT2D eigenvalue weighted by atomic mass is 32.1. The summed E-state index contributed by atoms with van der Waals surface area (Å²) in [5.74, 6) is -0.0522. The predicted octanol–water partition coefficient (Wildman–Crippen LogP) is 0.718. The summed E-state index contributed by atoms with van der Waals surface area (Å²) in [6.45, 7) is 5.67. The number of ketones is 1. The van der Waals surface area contributed by atoms with Gasteiger partial charge in [0.1, 0.15) is 12.4 Å². The summed E-state index contributed by atoms with van der Waals surface area (Å²) in [5.41, 5.74) is 0. The van der Waals surface area contributed by atoms with Crippen LogP contribution in [0.1, 0.15) is 33.1 Å². The van der Waals surface area contributed by atoms with Crippen LogP contribution in [0.15, 0.2) is 0 Å². The van der Waals surface area contributed by atoms with Gasteiger partial charge in [-0.25, -0.2) is 0 Å². The number of rotatable bonds is 13. The maximum Gasteiger partial charge on any atom is 0.245 e. The Hall–Kier alpha value is -0.630. The molecule has 20 heavy (non-hydrogen) atoms. The van der Waals surface area contributed by atoms with Gasteiger partial charge in [-0.05, 0) is 33.1 Å². The average Bonchev–Trinajstić information content (AvgIpc) is 2.42. The number of unbranched alkanes of at least 4 members (excludes halogenated alkanes) is 1. The summed E-state index contributed by atoms with van der Waals surface area (Å²) in [7, 11) is 0. The summed E-state index contributed by atoms with van der Waals surface area (Å²) in [6.07, 6.45) is 2.40. The predicted molar refractivity (Wildman–Crippen MR) is 80.8 cm³/mol. The second kappa shape index (κ2) is 13.4. The van der Waals surface area contributed by atoms with Crippen LogP contribution >= 0.6 is 12.8 Å². The molecule has 7 heteroatoms. The van der Waals surface area contributed by atoms with Crippen LogP contribution in [-0.2, 0) is 19.1 Å². The molecule has 0 bridgehead atoms. The summed E-state index contributed by atoms with van der Waals surface area (Å²) in [6, 6.07) is -0.212. The quantitative estimate of drug-likeness (QED) is 0.345. The molecule has 118 valence electrons. The molecule has 0 unspecified atom stereocenters. The molecule has 0 heterocycles. The van der Waals surface area contributed by atoms with Crippen molar-refractivity contribution in [2.75, 3.05) is 33.0 Å². The van der Waals surface area contributed by atoms with Crippen LogP contribution in [0.4, 0.5) is 0 Å². The molecule has 0 saturated heterocycles. The topological polar surface area (TPSA) is 76.7 Å². The van der Waals surface area contributed by atoms with E-state index in [9.17, 15) is 9.59 Å². The van der Waals surface area contributed by atoms with Crippen molar-refractivity contribution in [1.82, 2.24) is 10.0 Å². The minimum Gasteiger partial charge on any atom is -0.379 e. The zero-order valence-corrected chi connectivity index (χ0v) is 13.2. The zero-order chi connectivity index (χ0) is 15.2. The lowest BCUT2D eigenvalue weighted by Crippen LogP contribution is -2.30. The first kappa shape index (κ1) is 19.4. The van der Waals surface area contributed by atoms with Gasteiger partial charge in [-0.2, -0.15) is 0 Å². The van der Waals surface area contributed by atoms with Crippen LogP contribution in [0.25, 0.3) is 0 Å². The Bertz CT molecular complexity index is 277. The Morgan fingerprint density at radius 3 is 2.50 bits per heavy atom. The molecule has 0 radical (unpaired) electrons. The molecule has 0 aliphatic rings. The van der Waals surface area contributed by atoms with E-state index in [1.807, 2.05) is 6.92 Å². The summed E-state index contributed by atoms with van der Waals surface area (Å²) < 4.78 is 12.9. The highest BCUT2D eigenvalue weighted by Crippen LogP contribution is 2.02. The van der Waals surface area contributed by atoms with E-state index in [1.165, 1.54) is 6.92 Å². The van der Waals surface area contributed by atoms with E-state index in [-0.39, 0.29) is 24.3 Å². The fourth-order valence-electron chi connectivity index (χ4n) is 1.54. The first-order chi connectivity index (χ1) is 9.61. The molecule has 1 atom stereocenters. The van der Waals surface area contributed by atoms with E-state index in [1.54, 1.807) is 0 Å². The zero-order valence-electron chi connectivity index (χ0n) is 12.3. The number of hydrogen-bond acceptors (Lipinski definition) is 6. The Morgan fingerprint density at radius 1 is 1.20 bits per heavy atom. The molecule has 0 aliphatic carbocycles. The minimum absolute atomic E-state index is 0.0569. The molecular formula is C13H26N2O4S. The smallest absolute Gasteiger partial charge is 0.245 e. The molecule has 0 spiro atoms.